The zero-order valence-corrected chi connectivity index (χ0v) is 13.4. The van der Waals surface area contributed by atoms with Crippen LogP contribution in [0, 0.1) is 5.92 Å². The van der Waals surface area contributed by atoms with Gasteiger partial charge in [-0.3, -0.25) is 9.88 Å². The SMILES string of the molecule is CCC1(C)CNC(CC(C)C)CN1Cc1cccnc1. The average Bonchev–Trinajstić information content (AvgIpc) is 2.43. The third-order valence-electron chi connectivity index (χ3n) is 4.59. The summed E-state index contributed by atoms with van der Waals surface area (Å²) in [5, 5.41) is 3.75. The molecule has 0 saturated carbocycles. The fraction of sp³-hybridized carbons (Fsp3) is 0.706. The zero-order chi connectivity index (χ0) is 14.6. The highest BCUT2D eigenvalue weighted by Gasteiger charge is 2.36. The van der Waals surface area contributed by atoms with E-state index in [0.717, 1.165) is 25.6 Å². The molecule has 0 bridgehead atoms. The highest BCUT2D eigenvalue weighted by Crippen LogP contribution is 2.26. The summed E-state index contributed by atoms with van der Waals surface area (Å²) in [6, 6.07) is 4.83. The number of hydrogen-bond donors (Lipinski definition) is 1. The molecular weight excluding hydrogens is 246 g/mol. The van der Waals surface area contributed by atoms with Gasteiger partial charge in [0.25, 0.3) is 0 Å². The number of hydrogen-bond acceptors (Lipinski definition) is 3. The van der Waals surface area contributed by atoms with Crippen molar-refractivity contribution in [2.75, 3.05) is 13.1 Å². The van der Waals surface area contributed by atoms with Crippen LogP contribution in [0.15, 0.2) is 24.5 Å². The Morgan fingerprint density at radius 3 is 2.90 bits per heavy atom. The van der Waals surface area contributed by atoms with Gasteiger partial charge in [-0.1, -0.05) is 26.8 Å². The molecule has 0 radical (unpaired) electrons. The predicted octanol–water partition coefficient (Wildman–Crippen LogP) is 3.07. The molecule has 20 heavy (non-hydrogen) atoms. The van der Waals surface area contributed by atoms with E-state index in [-0.39, 0.29) is 5.54 Å². The van der Waals surface area contributed by atoms with Crippen LogP contribution in [-0.2, 0) is 6.54 Å². The molecule has 1 aliphatic heterocycles. The minimum atomic E-state index is 0.253. The highest BCUT2D eigenvalue weighted by atomic mass is 15.3. The van der Waals surface area contributed by atoms with Crippen molar-refractivity contribution < 1.29 is 0 Å². The van der Waals surface area contributed by atoms with Crippen molar-refractivity contribution in [3.63, 3.8) is 0 Å². The van der Waals surface area contributed by atoms with Crippen LogP contribution in [-0.4, -0.2) is 34.6 Å². The number of nitrogens with one attached hydrogen (secondary N) is 1. The van der Waals surface area contributed by atoms with E-state index in [1.165, 1.54) is 18.4 Å². The Kier molecular flexibility index (Phi) is 5.17. The van der Waals surface area contributed by atoms with E-state index < -0.39 is 0 Å². The standard InChI is InChI=1S/C17H29N3/c1-5-17(4)13-19-16(9-14(2)3)12-20(17)11-15-7-6-8-18-10-15/h6-8,10,14,16,19H,5,9,11-13H2,1-4H3. The van der Waals surface area contributed by atoms with E-state index in [1.807, 2.05) is 18.5 Å². The molecule has 0 amide bonds. The van der Waals surface area contributed by atoms with Gasteiger partial charge in [0.15, 0.2) is 0 Å². The molecule has 1 aromatic rings. The average molecular weight is 275 g/mol. The van der Waals surface area contributed by atoms with Gasteiger partial charge in [0.05, 0.1) is 0 Å². The third-order valence-corrected chi connectivity index (χ3v) is 4.59. The monoisotopic (exact) mass is 275 g/mol. The molecule has 112 valence electrons. The van der Waals surface area contributed by atoms with Gasteiger partial charge in [-0.2, -0.15) is 0 Å². The quantitative estimate of drug-likeness (QED) is 0.895. The first-order valence-corrected chi connectivity index (χ1v) is 7.91. The van der Waals surface area contributed by atoms with Crippen LogP contribution in [0.25, 0.3) is 0 Å². The van der Waals surface area contributed by atoms with Gasteiger partial charge in [0.1, 0.15) is 0 Å². The maximum absolute atomic E-state index is 4.25. The molecule has 1 N–H and O–H groups in total. The normalized spacial score (nSPS) is 27.9. The van der Waals surface area contributed by atoms with Crippen LogP contribution < -0.4 is 5.32 Å². The molecule has 1 saturated heterocycles. The Balaban J connectivity index is 2.07. The molecule has 1 aliphatic rings. The molecule has 2 rings (SSSR count). The molecule has 0 aromatic carbocycles. The minimum Gasteiger partial charge on any atom is -0.311 e. The molecule has 0 spiro atoms. The maximum Gasteiger partial charge on any atom is 0.0312 e. The van der Waals surface area contributed by atoms with Gasteiger partial charge in [-0.05, 0) is 37.3 Å². The van der Waals surface area contributed by atoms with E-state index in [9.17, 15) is 0 Å². The Bertz CT molecular complexity index is 404. The van der Waals surface area contributed by atoms with Gasteiger partial charge in [-0.15, -0.1) is 0 Å². The minimum absolute atomic E-state index is 0.253. The first-order chi connectivity index (χ1) is 9.53. The summed E-state index contributed by atoms with van der Waals surface area (Å²) in [6.07, 6.45) is 6.27. The van der Waals surface area contributed by atoms with E-state index >= 15 is 0 Å². The maximum atomic E-state index is 4.25. The molecule has 3 heteroatoms. The first kappa shape index (κ1) is 15.5. The van der Waals surface area contributed by atoms with E-state index in [2.05, 4.69) is 49.0 Å². The highest BCUT2D eigenvalue weighted by molar-refractivity contribution is 5.10. The summed E-state index contributed by atoms with van der Waals surface area (Å²) in [5.74, 6) is 0.749. The number of rotatable bonds is 5. The van der Waals surface area contributed by atoms with E-state index in [1.54, 1.807) is 0 Å². The third kappa shape index (κ3) is 3.80. The summed E-state index contributed by atoms with van der Waals surface area (Å²) >= 11 is 0. The fourth-order valence-corrected chi connectivity index (χ4v) is 3.07. The lowest BCUT2D eigenvalue weighted by atomic mass is 9.89. The van der Waals surface area contributed by atoms with Crippen molar-refractivity contribution in [3.05, 3.63) is 30.1 Å². The summed E-state index contributed by atoms with van der Waals surface area (Å²) < 4.78 is 0. The number of pyridine rings is 1. The fourth-order valence-electron chi connectivity index (χ4n) is 3.07. The van der Waals surface area contributed by atoms with Crippen molar-refractivity contribution in [2.24, 2.45) is 5.92 Å². The Morgan fingerprint density at radius 2 is 2.30 bits per heavy atom. The summed E-state index contributed by atoms with van der Waals surface area (Å²) in [6.45, 7) is 12.5. The van der Waals surface area contributed by atoms with Gasteiger partial charge in [0.2, 0.25) is 0 Å². The summed E-state index contributed by atoms with van der Waals surface area (Å²) in [7, 11) is 0. The van der Waals surface area contributed by atoms with E-state index in [4.69, 9.17) is 0 Å². The first-order valence-electron chi connectivity index (χ1n) is 7.91. The van der Waals surface area contributed by atoms with Crippen molar-refractivity contribution >= 4 is 0 Å². The lowest BCUT2D eigenvalue weighted by molar-refractivity contribution is 0.0371. The Labute approximate surface area is 123 Å². The Hall–Kier alpha value is -0.930. The summed E-state index contributed by atoms with van der Waals surface area (Å²) in [5.41, 5.74) is 1.57. The second-order valence-corrected chi connectivity index (χ2v) is 6.80. The van der Waals surface area contributed by atoms with Gasteiger partial charge in [0, 0.05) is 43.6 Å². The van der Waals surface area contributed by atoms with Crippen LogP contribution in [0.5, 0.6) is 0 Å². The zero-order valence-electron chi connectivity index (χ0n) is 13.4. The molecule has 1 fully saturated rings. The molecule has 2 atom stereocenters. The Morgan fingerprint density at radius 1 is 1.50 bits per heavy atom. The molecule has 1 aromatic heterocycles. The predicted molar refractivity (Wildman–Crippen MR) is 84.6 cm³/mol. The number of nitrogens with zero attached hydrogens (tertiary/aromatic N) is 2. The molecule has 2 heterocycles. The molecule has 3 nitrogen and oxygen atoms in total. The van der Waals surface area contributed by atoms with Crippen LogP contribution in [0.1, 0.15) is 46.1 Å². The van der Waals surface area contributed by atoms with Crippen LogP contribution in [0.2, 0.25) is 0 Å². The molecular formula is C17H29N3. The second-order valence-electron chi connectivity index (χ2n) is 6.80. The van der Waals surface area contributed by atoms with Crippen molar-refractivity contribution in [3.8, 4) is 0 Å². The van der Waals surface area contributed by atoms with Crippen molar-refractivity contribution in [2.45, 2.75) is 58.7 Å². The lowest BCUT2D eigenvalue weighted by Gasteiger charge is -2.48. The second kappa shape index (κ2) is 6.68. The van der Waals surface area contributed by atoms with Crippen molar-refractivity contribution in [1.29, 1.82) is 0 Å². The molecule has 2 unspecified atom stereocenters. The van der Waals surface area contributed by atoms with Crippen LogP contribution >= 0.6 is 0 Å². The largest absolute Gasteiger partial charge is 0.311 e. The lowest BCUT2D eigenvalue weighted by Crippen LogP contribution is -2.62. The van der Waals surface area contributed by atoms with Crippen LogP contribution in [0.4, 0.5) is 0 Å². The summed E-state index contributed by atoms with van der Waals surface area (Å²) in [4.78, 5) is 6.90. The van der Waals surface area contributed by atoms with E-state index in [0.29, 0.717) is 6.04 Å². The topological polar surface area (TPSA) is 28.2 Å². The van der Waals surface area contributed by atoms with Crippen LogP contribution in [0.3, 0.4) is 0 Å². The number of piperazine rings is 1. The van der Waals surface area contributed by atoms with Gasteiger partial charge in [-0.25, -0.2) is 0 Å². The smallest absolute Gasteiger partial charge is 0.0312 e. The van der Waals surface area contributed by atoms with Gasteiger partial charge >= 0.3 is 0 Å². The molecule has 0 aliphatic carbocycles. The number of aromatic nitrogens is 1. The van der Waals surface area contributed by atoms with Crippen molar-refractivity contribution in [1.82, 2.24) is 15.2 Å². The van der Waals surface area contributed by atoms with Gasteiger partial charge < -0.3 is 5.32 Å².